The molecule has 0 aromatic rings. The van der Waals surface area contributed by atoms with E-state index < -0.39 is 21.7 Å². The third kappa shape index (κ3) is 4.95. The molecule has 2 nitrogen and oxygen atoms in total. The second-order valence-electron chi connectivity index (χ2n) is 2.34. The van der Waals surface area contributed by atoms with Gasteiger partial charge in [0.25, 0.3) is 0 Å². The fourth-order valence-electron chi connectivity index (χ4n) is 0.654. The van der Waals surface area contributed by atoms with Crippen molar-refractivity contribution in [1.29, 1.82) is 0 Å². The van der Waals surface area contributed by atoms with Crippen molar-refractivity contribution >= 4 is 46.4 Å². The van der Waals surface area contributed by atoms with Crippen LogP contribution in [0.2, 0.25) is 0 Å². The Labute approximate surface area is 91.4 Å². The van der Waals surface area contributed by atoms with Crippen molar-refractivity contribution in [3.63, 3.8) is 0 Å². The lowest BCUT2D eigenvalue weighted by Gasteiger charge is -2.20. The van der Waals surface area contributed by atoms with Crippen molar-refractivity contribution in [3.8, 4) is 0 Å². The number of rotatable bonds is 5. The van der Waals surface area contributed by atoms with Gasteiger partial charge in [-0.15, -0.1) is 46.4 Å². The van der Waals surface area contributed by atoms with Gasteiger partial charge in [0.05, 0.1) is 23.5 Å². The summed E-state index contributed by atoms with van der Waals surface area (Å²) >= 11 is 22.0. The molecule has 6 heteroatoms. The van der Waals surface area contributed by atoms with Gasteiger partial charge in [-0.3, -0.25) is 0 Å². The Morgan fingerprint density at radius 3 is 1.92 bits per heavy atom. The summed E-state index contributed by atoms with van der Waals surface area (Å²) in [6, 6.07) is 0. The van der Waals surface area contributed by atoms with Crippen molar-refractivity contribution in [3.05, 3.63) is 0 Å². The minimum Gasteiger partial charge on any atom is -0.395 e. The summed E-state index contributed by atoms with van der Waals surface area (Å²) in [7, 11) is 0. The van der Waals surface area contributed by atoms with Gasteiger partial charge in [-0.2, -0.15) is 0 Å². The monoisotopic (exact) mass is 254 g/mol. The maximum absolute atomic E-state index is 9.29. The third-order valence-corrected chi connectivity index (χ3v) is 2.80. The van der Waals surface area contributed by atoms with E-state index in [1.165, 1.54) is 0 Å². The van der Waals surface area contributed by atoms with Crippen molar-refractivity contribution in [2.45, 2.75) is 28.1 Å². The first-order valence-corrected chi connectivity index (χ1v) is 5.08. The number of hydrogen-bond acceptors (Lipinski definition) is 2. The number of hydrogen-bond donors (Lipinski definition) is 2. The first-order valence-electron chi connectivity index (χ1n) is 3.34. The van der Waals surface area contributed by atoms with E-state index in [1.54, 1.807) is 0 Å². The van der Waals surface area contributed by atoms with E-state index >= 15 is 0 Å². The number of aliphatic hydroxyl groups excluding tert-OH is 2. The highest BCUT2D eigenvalue weighted by Gasteiger charge is 2.25. The van der Waals surface area contributed by atoms with Gasteiger partial charge in [-0.1, -0.05) is 0 Å². The molecule has 2 N–H and O–H groups in total. The lowest BCUT2D eigenvalue weighted by Crippen LogP contribution is -2.32. The Hall–Kier alpha value is 1.08. The molecule has 0 spiro atoms. The van der Waals surface area contributed by atoms with E-state index in [2.05, 4.69) is 0 Å². The van der Waals surface area contributed by atoms with Crippen LogP contribution in [0.4, 0.5) is 0 Å². The Kier molecular flexibility index (Phi) is 7.11. The molecule has 0 aliphatic heterocycles. The van der Waals surface area contributed by atoms with Crippen molar-refractivity contribution in [2.24, 2.45) is 0 Å². The average molecular weight is 256 g/mol. The summed E-state index contributed by atoms with van der Waals surface area (Å²) in [5.41, 5.74) is 0. The molecule has 0 aromatic carbocycles. The molecule has 0 amide bonds. The van der Waals surface area contributed by atoms with E-state index in [4.69, 9.17) is 51.5 Å². The van der Waals surface area contributed by atoms with Crippen LogP contribution in [0.5, 0.6) is 0 Å². The zero-order chi connectivity index (χ0) is 9.72. The van der Waals surface area contributed by atoms with Gasteiger partial charge in [0.15, 0.2) is 0 Å². The van der Waals surface area contributed by atoms with Gasteiger partial charge in [0.2, 0.25) is 0 Å². The molecule has 0 heterocycles. The van der Waals surface area contributed by atoms with Crippen molar-refractivity contribution in [1.82, 2.24) is 0 Å². The molecule has 0 aliphatic carbocycles. The molecule has 0 fully saturated rings. The van der Waals surface area contributed by atoms with Crippen LogP contribution in [-0.4, -0.2) is 38.5 Å². The molecule has 74 valence electrons. The van der Waals surface area contributed by atoms with Crippen LogP contribution in [0, 0.1) is 0 Å². The van der Waals surface area contributed by atoms with E-state index in [-0.39, 0.29) is 13.0 Å². The van der Waals surface area contributed by atoms with E-state index in [0.717, 1.165) is 0 Å². The topological polar surface area (TPSA) is 40.5 Å². The van der Waals surface area contributed by atoms with Crippen LogP contribution in [0.1, 0.15) is 6.42 Å². The smallest absolute Gasteiger partial charge is 0.110 e. The molecule has 12 heavy (non-hydrogen) atoms. The molecule has 0 aliphatic rings. The Morgan fingerprint density at radius 1 is 1.08 bits per heavy atom. The fraction of sp³-hybridized carbons (Fsp3) is 1.00. The van der Waals surface area contributed by atoms with Gasteiger partial charge in [-0.25, -0.2) is 0 Å². The molecule has 0 saturated carbocycles. The maximum atomic E-state index is 9.29. The number of alkyl halides is 4. The third-order valence-electron chi connectivity index (χ3n) is 1.31. The average Bonchev–Trinajstić information content (AvgIpc) is 2.00. The minimum absolute atomic E-state index is 0.139. The molecule has 0 rings (SSSR count). The molecule has 0 bridgehead atoms. The quantitative estimate of drug-likeness (QED) is 0.735. The zero-order valence-corrected chi connectivity index (χ0v) is 9.15. The molecule has 0 aromatic heterocycles. The largest absolute Gasteiger partial charge is 0.395 e. The highest BCUT2D eigenvalue weighted by Crippen LogP contribution is 2.20. The summed E-state index contributed by atoms with van der Waals surface area (Å²) in [5, 5.41) is 16.5. The SMILES string of the molecule is OCC(Cl)C(Cl)C(O)CC(Cl)Cl. The Bertz CT molecular complexity index is 122. The lowest BCUT2D eigenvalue weighted by atomic mass is 10.1. The standard InChI is InChI=1S/C6H10Cl4O2/c7-3(2-11)6(10)4(12)1-5(8)9/h3-6,11-12H,1-2H2. The molecule has 3 unspecified atom stereocenters. The fourth-order valence-corrected chi connectivity index (χ4v) is 1.37. The predicted octanol–water partition coefficient (Wildman–Crippen LogP) is 1.75. The molecular weight excluding hydrogens is 246 g/mol. The lowest BCUT2D eigenvalue weighted by molar-refractivity contribution is 0.150. The molecular formula is C6H10Cl4O2. The number of aliphatic hydroxyl groups is 2. The second kappa shape index (κ2) is 6.52. The van der Waals surface area contributed by atoms with Crippen LogP contribution >= 0.6 is 46.4 Å². The summed E-state index contributed by atoms with van der Waals surface area (Å²) in [6.45, 7) is -0.290. The highest BCUT2D eigenvalue weighted by atomic mass is 35.5. The van der Waals surface area contributed by atoms with Crippen LogP contribution in [0.3, 0.4) is 0 Å². The molecule has 0 radical (unpaired) electrons. The summed E-state index contributed by atoms with van der Waals surface area (Å²) in [5.74, 6) is 0. The van der Waals surface area contributed by atoms with Gasteiger partial charge in [-0.05, 0) is 0 Å². The first kappa shape index (κ1) is 13.1. The highest BCUT2D eigenvalue weighted by molar-refractivity contribution is 6.44. The molecule has 3 atom stereocenters. The van der Waals surface area contributed by atoms with Gasteiger partial charge in [0.1, 0.15) is 4.84 Å². The van der Waals surface area contributed by atoms with Crippen LogP contribution in [0.25, 0.3) is 0 Å². The van der Waals surface area contributed by atoms with E-state index in [0.29, 0.717) is 0 Å². The van der Waals surface area contributed by atoms with Gasteiger partial charge >= 0.3 is 0 Å². The minimum atomic E-state index is -0.902. The van der Waals surface area contributed by atoms with Gasteiger partial charge < -0.3 is 10.2 Å². The van der Waals surface area contributed by atoms with E-state index in [1.807, 2.05) is 0 Å². The summed E-state index contributed by atoms with van der Waals surface area (Å²) in [4.78, 5) is -0.677. The predicted molar refractivity (Wildman–Crippen MR) is 52.5 cm³/mol. The maximum Gasteiger partial charge on any atom is 0.110 e. The van der Waals surface area contributed by atoms with Crippen LogP contribution in [0.15, 0.2) is 0 Å². The van der Waals surface area contributed by atoms with Crippen molar-refractivity contribution in [2.75, 3.05) is 6.61 Å². The zero-order valence-electron chi connectivity index (χ0n) is 6.13. The molecule has 0 saturated heterocycles. The van der Waals surface area contributed by atoms with Gasteiger partial charge in [0, 0.05) is 6.42 Å². The summed E-state index contributed by atoms with van der Waals surface area (Å²) in [6.07, 6.45) is -0.762. The first-order chi connectivity index (χ1) is 5.49. The Morgan fingerprint density at radius 2 is 1.58 bits per heavy atom. The second-order valence-corrected chi connectivity index (χ2v) is 4.68. The van der Waals surface area contributed by atoms with Crippen LogP contribution in [-0.2, 0) is 0 Å². The van der Waals surface area contributed by atoms with Crippen molar-refractivity contribution < 1.29 is 10.2 Å². The summed E-state index contributed by atoms with van der Waals surface area (Å²) < 4.78 is 0. The van der Waals surface area contributed by atoms with E-state index in [9.17, 15) is 5.11 Å². The Balaban J connectivity index is 3.83. The van der Waals surface area contributed by atoms with Crippen LogP contribution < -0.4 is 0 Å². The normalized spacial score (nSPS) is 19.2. The number of halogens is 4.